The van der Waals surface area contributed by atoms with Crippen molar-refractivity contribution in [1.82, 2.24) is 5.32 Å². The third-order valence-corrected chi connectivity index (χ3v) is 4.96. The summed E-state index contributed by atoms with van der Waals surface area (Å²) in [7, 11) is 1.52. The van der Waals surface area contributed by atoms with Crippen LogP contribution in [0.2, 0.25) is 0 Å². The summed E-state index contributed by atoms with van der Waals surface area (Å²) in [6, 6.07) is 8.14. The van der Waals surface area contributed by atoms with E-state index in [0.717, 1.165) is 25.7 Å². The zero-order valence-corrected chi connectivity index (χ0v) is 16.3. The van der Waals surface area contributed by atoms with Gasteiger partial charge in [-0.05, 0) is 55.4 Å². The zero-order valence-electron chi connectivity index (χ0n) is 15.5. The number of thiocarbonyl (C=S) groups is 1. The van der Waals surface area contributed by atoms with Crippen LogP contribution in [0.3, 0.4) is 0 Å². The number of anilines is 1. The van der Waals surface area contributed by atoms with E-state index in [4.69, 9.17) is 26.5 Å². The monoisotopic (exact) mass is 402 g/mol. The standard InChI is InChI=1S/C20H22N2O5S/c1-26-15-8-7-13(11-14(15)16-9-10-17(27-16)19(24)25)21-20(28)22-18(23)12-5-3-2-4-6-12/h7-12H,2-6H2,1H3,(H,24,25)(H2,21,22,23,28). The zero-order chi connectivity index (χ0) is 20.1. The van der Waals surface area contributed by atoms with Crippen LogP contribution >= 0.6 is 12.2 Å². The first-order chi connectivity index (χ1) is 13.5. The molecule has 148 valence electrons. The van der Waals surface area contributed by atoms with Gasteiger partial charge in [0.1, 0.15) is 11.5 Å². The third-order valence-electron chi connectivity index (χ3n) is 4.75. The molecule has 7 nitrogen and oxygen atoms in total. The molecule has 1 heterocycles. The van der Waals surface area contributed by atoms with Gasteiger partial charge in [0.2, 0.25) is 11.7 Å². The molecule has 1 fully saturated rings. The molecule has 1 aromatic carbocycles. The normalized spacial score (nSPS) is 14.3. The van der Waals surface area contributed by atoms with E-state index in [1.54, 1.807) is 24.3 Å². The van der Waals surface area contributed by atoms with E-state index in [2.05, 4.69) is 10.6 Å². The van der Waals surface area contributed by atoms with E-state index in [-0.39, 0.29) is 22.7 Å². The van der Waals surface area contributed by atoms with Crippen molar-refractivity contribution in [3.05, 3.63) is 36.1 Å². The second kappa shape index (κ2) is 8.88. The van der Waals surface area contributed by atoms with Gasteiger partial charge in [-0.15, -0.1) is 0 Å². The van der Waals surface area contributed by atoms with Crippen molar-refractivity contribution < 1.29 is 23.8 Å². The smallest absolute Gasteiger partial charge is 0.371 e. The number of hydrogen-bond acceptors (Lipinski definition) is 5. The largest absolute Gasteiger partial charge is 0.496 e. The van der Waals surface area contributed by atoms with Crippen LogP contribution in [-0.2, 0) is 4.79 Å². The molecule has 3 rings (SSSR count). The van der Waals surface area contributed by atoms with Gasteiger partial charge in [0.15, 0.2) is 5.11 Å². The fraction of sp³-hybridized carbons (Fsp3) is 0.350. The molecule has 28 heavy (non-hydrogen) atoms. The van der Waals surface area contributed by atoms with E-state index < -0.39 is 5.97 Å². The summed E-state index contributed by atoms with van der Waals surface area (Å²) in [5.74, 6) is -0.471. The highest BCUT2D eigenvalue weighted by atomic mass is 32.1. The van der Waals surface area contributed by atoms with Gasteiger partial charge in [0.25, 0.3) is 0 Å². The maximum Gasteiger partial charge on any atom is 0.371 e. The van der Waals surface area contributed by atoms with Gasteiger partial charge in [-0.3, -0.25) is 4.79 Å². The Kier molecular flexibility index (Phi) is 6.30. The van der Waals surface area contributed by atoms with Crippen LogP contribution in [0.5, 0.6) is 5.75 Å². The molecule has 0 saturated heterocycles. The first-order valence-corrected chi connectivity index (χ1v) is 9.52. The maximum absolute atomic E-state index is 12.3. The van der Waals surface area contributed by atoms with Gasteiger partial charge >= 0.3 is 5.97 Å². The Balaban J connectivity index is 1.72. The summed E-state index contributed by atoms with van der Waals surface area (Å²) in [6.07, 6.45) is 5.11. The van der Waals surface area contributed by atoms with Gasteiger partial charge in [-0.1, -0.05) is 19.3 Å². The number of aromatic carboxylic acids is 1. The SMILES string of the molecule is COc1ccc(NC(=S)NC(=O)C2CCCCC2)cc1-c1ccc(C(=O)O)o1. The lowest BCUT2D eigenvalue weighted by Crippen LogP contribution is -2.38. The molecule has 0 atom stereocenters. The lowest BCUT2D eigenvalue weighted by Gasteiger charge is -2.21. The Morgan fingerprint density at radius 3 is 2.57 bits per heavy atom. The van der Waals surface area contributed by atoms with Crippen LogP contribution in [0.25, 0.3) is 11.3 Å². The van der Waals surface area contributed by atoms with E-state index in [1.165, 1.54) is 19.6 Å². The molecule has 0 spiro atoms. The molecule has 3 N–H and O–H groups in total. The number of hydrogen-bond donors (Lipinski definition) is 3. The highest BCUT2D eigenvalue weighted by Crippen LogP contribution is 2.34. The molecule has 1 aromatic heterocycles. The van der Waals surface area contributed by atoms with Crippen LogP contribution in [0.15, 0.2) is 34.7 Å². The van der Waals surface area contributed by atoms with Crippen molar-refractivity contribution in [2.75, 3.05) is 12.4 Å². The van der Waals surface area contributed by atoms with Crippen LogP contribution in [0.1, 0.15) is 42.7 Å². The minimum Gasteiger partial charge on any atom is -0.496 e. The highest BCUT2D eigenvalue weighted by molar-refractivity contribution is 7.80. The van der Waals surface area contributed by atoms with E-state index in [0.29, 0.717) is 22.8 Å². The quantitative estimate of drug-likeness (QED) is 0.649. The van der Waals surface area contributed by atoms with E-state index in [1.807, 2.05) is 0 Å². The first-order valence-electron chi connectivity index (χ1n) is 9.11. The molecule has 0 unspecified atom stereocenters. The van der Waals surface area contributed by atoms with Crippen LogP contribution < -0.4 is 15.4 Å². The molecule has 1 aliphatic rings. The lowest BCUT2D eigenvalue weighted by molar-refractivity contribution is -0.124. The summed E-state index contributed by atoms with van der Waals surface area (Å²) >= 11 is 5.27. The molecule has 0 radical (unpaired) electrons. The molecule has 0 bridgehead atoms. The van der Waals surface area contributed by atoms with Crippen molar-refractivity contribution in [3.63, 3.8) is 0 Å². The van der Waals surface area contributed by atoms with Crippen molar-refractivity contribution in [2.24, 2.45) is 5.92 Å². The van der Waals surface area contributed by atoms with Gasteiger partial charge in [0.05, 0.1) is 12.7 Å². The minimum absolute atomic E-state index is 0.0116. The topological polar surface area (TPSA) is 101 Å². The van der Waals surface area contributed by atoms with Gasteiger partial charge in [-0.2, -0.15) is 0 Å². The highest BCUT2D eigenvalue weighted by Gasteiger charge is 2.22. The Morgan fingerprint density at radius 2 is 1.93 bits per heavy atom. The Hall–Kier alpha value is -2.87. The molecule has 2 aromatic rings. The number of carbonyl (C=O) groups is 2. The van der Waals surface area contributed by atoms with E-state index in [9.17, 15) is 9.59 Å². The number of amides is 1. The number of carbonyl (C=O) groups excluding carboxylic acids is 1. The average molecular weight is 402 g/mol. The van der Waals surface area contributed by atoms with Crippen LogP contribution in [-0.4, -0.2) is 29.2 Å². The molecule has 1 aliphatic carbocycles. The molecule has 1 saturated carbocycles. The molecule has 8 heteroatoms. The summed E-state index contributed by atoms with van der Waals surface area (Å²) in [5.41, 5.74) is 1.19. The maximum atomic E-state index is 12.3. The predicted molar refractivity (Wildman–Crippen MR) is 109 cm³/mol. The van der Waals surface area contributed by atoms with Crippen LogP contribution in [0.4, 0.5) is 5.69 Å². The van der Waals surface area contributed by atoms with Crippen LogP contribution in [0, 0.1) is 5.92 Å². The predicted octanol–water partition coefficient (Wildman–Crippen LogP) is 4.05. The molecular weight excluding hydrogens is 380 g/mol. The summed E-state index contributed by atoms with van der Waals surface area (Å²) in [4.78, 5) is 23.4. The van der Waals surface area contributed by atoms with Gasteiger partial charge in [-0.25, -0.2) is 4.79 Å². The average Bonchev–Trinajstić information content (AvgIpc) is 3.19. The minimum atomic E-state index is -1.15. The number of rotatable bonds is 5. The third kappa shape index (κ3) is 4.69. The Bertz CT molecular complexity index is 886. The van der Waals surface area contributed by atoms with Gasteiger partial charge in [0, 0.05) is 11.6 Å². The summed E-state index contributed by atoms with van der Waals surface area (Å²) < 4.78 is 10.7. The van der Waals surface area contributed by atoms with Crippen molar-refractivity contribution in [3.8, 4) is 17.1 Å². The Labute approximate surface area is 168 Å². The van der Waals surface area contributed by atoms with E-state index >= 15 is 0 Å². The number of ether oxygens (including phenoxy) is 1. The number of methoxy groups -OCH3 is 1. The molecular formula is C20H22N2O5S. The Morgan fingerprint density at radius 1 is 1.18 bits per heavy atom. The number of carboxylic acid groups (broad SMARTS) is 1. The lowest BCUT2D eigenvalue weighted by atomic mass is 9.89. The molecule has 1 amide bonds. The summed E-state index contributed by atoms with van der Waals surface area (Å²) in [5, 5.41) is 15.0. The second-order valence-electron chi connectivity index (χ2n) is 6.66. The van der Waals surface area contributed by atoms with Crippen molar-refractivity contribution >= 4 is 34.9 Å². The van der Waals surface area contributed by atoms with Crippen molar-refractivity contribution in [2.45, 2.75) is 32.1 Å². The second-order valence-corrected chi connectivity index (χ2v) is 7.07. The number of furan rings is 1. The fourth-order valence-corrected chi connectivity index (χ4v) is 3.54. The van der Waals surface area contributed by atoms with Crippen molar-refractivity contribution in [1.29, 1.82) is 0 Å². The fourth-order valence-electron chi connectivity index (χ4n) is 3.32. The first kappa shape index (κ1) is 19.9. The molecule has 0 aliphatic heterocycles. The van der Waals surface area contributed by atoms with Gasteiger partial charge < -0.3 is 24.9 Å². The number of benzene rings is 1. The number of nitrogens with one attached hydrogen (secondary N) is 2. The number of carboxylic acids is 1. The summed E-state index contributed by atoms with van der Waals surface area (Å²) in [6.45, 7) is 0.